The van der Waals surface area contributed by atoms with E-state index in [1.807, 2.05) is 0 Å². The number of aromatic nitrogens is 2. The van der Waals surface area contributed by atoms with Crippen LogP contribution < -0.4 is 19.7 Å². The molecule has 0 saturated heterocycles. The van der Waals surface area contributed by atoms with Gasteiger partial charge in [0.15, 0.2) is 0 Å². The Morgan fingerprint density at radius 2 is 2.06 bits per heavy atom. The van der Waals surface area contributed by atoms with Crippen molar-refractivity contribution < 1.29 is 27.9 Å². The Morgan fingerprint density at radius 3 is 2.71 bits per heavy atom. The molecule has 0 spiro atoms. The first-order chi connectivity index (χ1) is 14.7. The number of carbonyl (C=O) groups is 2. The van der Waals surface area contributed by atoms with Crippen molar-refractivity contribution in [3.8, 4) is 5.75 Å². The molecule has 1 aromatic carbocycles. The number of sulfonamides is 1. The summed E-state index contributed by atoms with van der Waals surface area (Å²) in [6.07, 6.45) is 1.39. The predicted molar refractivity (Wildman–Crippen MR) is 111 cm³/mol. The Labute approximate surface area is 179 Å². The lowest BCUT2D eigenvalue weighted by molar-refractivity contribution is -0.119. The number of carboxylic acid groups (broad SMARTS) is 1. The highest BCUT2D eigenvalue weighted by molar-refractivity contribution is 7.92. The molecule has 31 heavy (non-hydrogen) atoms. The maximum absolute atomic E-state index is 13.6. The van der Waals surface area contributed by atoms with Gasteiger partial charge in [0, 0.05) is 12.6 Å². The van der Waals surface area contributed by atoms with Gasteiger partial charge in [0.05, 0.1) is 36.7 Å². The summed E-state index contributed by atoms with van der Waals surface area (Å²) in [5, 5.41) is 18.1. The van der Waals surface area contributed by atoms with Gasteiger partial charge in [0.25, 0.3) is 10.0 Å². The van der Waals surface area contributed by atoms with Gasteiger partial charge in [-0.15, -0.1) is 0 Å². The van der Waals surface area contributed by atoms with Gasteiger partial charge in [-0.05, 0) is 38.0 Å². The summed E-state index contributed by atoms with van der Waals surface area (Å²) >= 11 is 0. The number of rotatable bonds is 6. The van der Waals surface area contributed by atoms with Gasteiger partial charge in [0.2, 0.25) is 5.91 Å². The van der Waals surface area contributed by atoms with Crippen LogP contribution in [-0.2, 0) is 14.8 Å². The molecule has 2 aliphatic rings. The van der Waals surface area contributed by atoms with Crippen molar-refractivity contribution in [3.63, 3.8) is 0 Å². The van der Waals surface area contributed by atoms with Crippen LogP contribution in [0.4, 0.5) is 16.2 Å². The lowest BCUT2D eigenvalue weighted by Gasteiger charge is -2.35. The minimum Gasteiger partial charge on any atom is -0.484 e. The van der Waals surface area contributed by atoms with Crippen molar-refractivity contribution in [2.45, 2.75) is 43.7 Å². The fourth-order valence-electron chi connectivity index (χ4n) is 3.57. The van der Waals surface area contributed by atoms with E-state index in [9.17, 15) is 18.0 Å². The van der Waals surface area contributed by atoms with Gasteiger partial charge >= 0.3 is 6.09 Å². The molecule has 2 aromatic rings. The molecule has 4 rings (SSSR count). The number of nitrogens with one attached hydrogen (secondary N) is 2. The quantitative estimate of drug-likeness (QED) is 0.609. The molecule has 0 bridgehead atoms. The number of carbonyl (C=O) groups excluding carboxylic acids is 1. The summed E-state index contributed by atoms with van der Waals surface area (Å²) in [6.45, 7) is 3.15. The van der Waals surface area contributed by atoms with Gasteiger partial charge < -0.3 is 15.2 Å². The molecule has 1 aliphatic heterocycles. The SMILES string of the molecule is CC(=O)NCC1CN(S(=O)(=O)c2cnn(C3CC3)c2C)c2cc(NC(=O)O)ccc2O1. The van der Waals surface area contributed by atoms with Gasteiger partial charge in [0.1, 0.15) is 16.7 Å². The van der Waals surface area contributed by atoms with E-state index in [-0.39, 0.29) is 47.1 Å². The summed E-state index contributed by atoms with van der Waals surface area (Å²) in [5.41, 5.74) is 0.971. The maximum atomic E-state index is 13.6. The zero-order valence-corrected chi connectivity index (χ0v) is 17.8. The van der Waals surface area contributed by atoms with Gasteiger partial charge in [-0.25, -0.2) is 13.2 Å². The van der Waals surface area contributed by atoms with Gasteiger partial charge in [-0.2, -0.15) is 5.10 Å². The lowest BCUT2D eigenvalue weighted by Crippen LogP contribution is -2.48. The molecule has 3 N–H and O–H groups in total. The second-order valence-corrected chi connectivity index (χ2v) is 9.43. The largest absolute Gasteiger partial charge is 0.484 e. The molecule has 1 atom stereocenters. The first kappa shape index (κ1) is 21.0. The molecule has 1 saturated carbocycles. The monoisotopic (exact) mass is 449 g/mol. The summed E-state index contributed by atoms with van der Waals surface area (Å²) in [5.74, 6) is 0.0136. The minimum absolute atomic E-state index is 0.0554. The average Bonchev–Trinajstić information content (AvgIpc) is 3.46. The number of nitrogens with zero attached hydrogens (tertiary/aromatic N) is 3. The van der Waals surface area contributed by atoms with Crippen LogP contribution in [-0.4, -0.2) is 54.5 Å². The third-order valence-corrected chi connectivity index (χ3v) is 7.06. The third kappa shape index (κ3) is 4.15. The van der Waals surface area contributed by atoms with Gasteiger partial charge in [-0.3, -0.25) is 19.1 Å². The number of hydrogen-bond acceptors (Lipinski definition) is 6. The van der Waals surface area contributed by atoms with Crippen LogP contribution in [0.5, 0.6) is 5.75 Å². The van der Waals surface area contributed by atoms with Crippen molar-refractivity contribution in [2.75, 3.05) is 22.7 Å². The molecule has 1 aromatic heterocycles. The zero-order chi connectivity index (χ0) is 22.3. The minimum atomic E-state index is -4.03. The summed E-state index contributed by atoms with van der Waals surface area (Å²) in [7, 11) is -4.03. The third-order valence-electron chi connectivity index (χ3n) is 5.18. The Bertz CT molecular complexity index is 1140. The van der Waals surface area contributed by atoms with Crippen LogP contribution in [0.15, 0.2) is 29.3 Å². The average molecular weight is 449 g/mol. The fourth-order valence-corrected chi connectivity index (χ4v) is 5.22. The fraction of sp³-hybridized carbons (Fsp3) is 0.421. The summed E-state index contributed by atoms with van der Waals surface area (Å²) in [4.78, 5) is 22.4. The number of fused-ring (bicyclic) bond motifs is 1. The van der Waals surface area contributed by atoms with Crippen molar-refractivity contribution in [1.29, 1.82) is 0 Å². The Kier molecular flexibility index (Phi) is 5.25. The van der Waals surface area contributed by atoms with Crippen molar-refractivity contribution in [2.24, 2.45) is 0 Å². The van der Waals surface area contributed by atoms with E-state index in [0.717, 1.165) is 12.8 Å². The molecule has 2 amide bonds. The Balaban J connectivity index is 1.74. The first-order valence-electron chi connectivity index (χ1n) is 9.78. The smallest absolute Gasteiger partial charge is 0.409 e. The number of anilines is 2. The van der Waals surface area contributed by atoms with Crippen LogP contribution in [0.2, 0.25) is 0 Å². The van der Waals surface area contributed by atoms with E-state index in [4.69, 9.17) is 9.84 Å². The molecule has 11 nitrogen and oxygen atoms in total. The molecule has 1 unspecified atom stereocenters. The van der Waals surface area contributed by atoms with E-state index in [1.54, 1.807) is 11.6 Å². The van der Waals surface area contributed by atoms with Crippen molar-refractivity contribution >= 4 is 33.4 Å². The van der Waals surface area contributed by atoms with E-state index in [1.165, 1.54) is 35.6 Å². The van der Waals surface area contributed by atoms with E-state index in [2.05, 4.69) is 15.7 Å². The van der Waals surface area contributed by atoms with Crippen molar-refractivity contribution in [1.82, 2.24) is 15.1 Å². The number of hydrogen-bond donors (Lipinski definition) is 3. The first-order valence-corrected chi connectivity index (χ1v) is 11.2. The van der Waals surface area contributed by atoms with E-state index >= 15 is 0 Å². The highest BCUT2D eigenvalue weighted by Crippen LogP contribution is 2.41. The second-order valence-electron chi connectivity index (χ2n) is 7.60. The highest BCUT2D eigenvalue weighted by Gasteiger charge is 2.38. The molecule has 1 aliphatic carbocycles. The van der Waals surface area contributed by atoms with Crippen molar-refractivity contribution in [3.05, 3.63) is 30.1 Å². The molecule has 12 heteroatoms. The Morgan fingerprint density at radius 1 is 1.32 bits per heavy atom. The standard InChI is InChI=1S/C19H23N5O6S/c1-11-18(9-21-24(11)14-4-5-14)31(28,29)23-10-15(8-20-12(2)25)30-17-6-3-13(7-16(17)23)22-19(26)27/h3,6-7,9,14-15,22H,4-5,8,10H2,1-2H3,(H,20,25)(H,26,27). The molecular formula is C19H23N5O6S. The number of ether oxygens (including phenoxy) is 1. The maximum Gasteiger partial charge on any atom is 0.409 e. The predicted octanol–water partition coefficient (Wildman–Crippen LogP) is 1.71. The van der Waals surface area contributed by atoms with Gasteiger partial charge in [-0.1, -0.05) is 0 Å². The molecule has 166 valence electrons. The normalized spacial score (nSPS) is 18.1. The molecular weight excluding hydrogens is 426 g/mol. The van der Waals surface area contributed by atoms with Crippen LogP contribution in [0.25, 0.3) is 0 Å². The summed E-state index contributed by atoms with van der Waals surface area (Å²) < 4.78 is 36.1. The second kappa shape index (κ2) is 7.76. The molecule has 0 radical (unpaired) electrons. The van der Waals surface area contributed by atoms with Crippen LogP contribution in [0.3, 0.4) is 0 Å². The van der Waals surface area contributed by atoms with E-state index in [0.29, 0.717) is 5.69 Å². The number of amides is 2. The summed E-state index contributed by atoms with van der Waals surface area (Å²) in [6, 6.07) is 4.62. The molecule has 1 fully saturated rings. The zero-order valence-electron chi connectivity index (χ0n) is 17.0. The molecule has 2 heterocycles. The van der Waals surface area contributed by atoms with Crippen LogP contribution >= 0.6 is 0 Å². The van der Waals surface area contributed by atoms with E-state index < -0.39 is 22.2 Å². The Hall–Kier alpha value is -3.28. The van der Waals surface area contributed by atoms with Crippen LogP contribution in [0, 0.1) is 6.92 Å². The lowest BCUT2D eigenvalue weighted by atomic mass is 10.2. The number of benzene rings is 1. The van der Waals surface area contributed by atoms with Crippen LogP contribution in [0.1, 0.15) is 31.5 Å². The highest BCUT2D eigenvalue weighted by atomic mass is 32.2. The topological polar surface area (TPSA) is 143 Å².